The normalized spacial score (nSPS) is 10.9. The van der Waals surface area contributed by atoms with Crippen LogP contribution < -0.4 is 5.76 Å². The largest absolute Gasteiger partial charge is 0.442 e. The van der Waals surface area contributed by atoms with Gasteiger partial charge >= 0.3 is 5.76 Å². The molecule has 3 aromatic heterocycles. The summed E-state index contributed by atoms with van der Waals surface area (Å²) < 4.78 is 19.1. The first-order valence-corrected chi connectivity index (χ1v) is 8.13. The number of aromatic nitrogens is 5. The van der Waals surface area contributed by atoms with Crippen LogP contribution in [0.4, 0.5) is 4.39 Å². The molecule has 4 rings (SSSR count). The van der Waals surface area contributed by atoms with Crippen molar-refractivity contribution in [1.29, 1.82) is 0 Å². The maximum Gasteiger partial charge on any atom is 0.442 e. The zero-order valence-electron chi connectivity index (χ0n) is 12.7. The van der Waals surface area contributed by atoms with E-state index in [0.717, 1.165) is 10.6 Å². The van der Waals surface area contributed by atoms with E-state index in [0.29, 0.717) is 11.5 Å². The van der Waals surface area contributed by atoms with Gasteiger partial charge in [0.25, 0.3) is 0 Å². The summed E-state index contributed by atoms with van der Waals surface area (Å²) in [4.78, 5) is 24.6. The van der Waals surface area contributed by atoms with Crippen LogP contribution in [0.5, 0.6) is 0 Å². The van der Waals surface area contributed by atoms with Crippen molar-refractivity contribution in [2.24, 2.45) is 0 Å². The van der Waals surface area contributed by atoms with Gasteiger partial charge in [0.05, 0.1) is 12.2 Å². The highest BCUT2D eigenvalue weighted by molar-refractivity contribution is 7.13. The monoisotopic (exact) mass is 355 g/mol. The zero-order chi connectivity index (χ0) is 17.2. The van der Waals surface area contributed by atoms with Crippen molar-refractivity contribution in [1.82, 2.24) is 24.7 Å². The van der Waals surface area contributed by atoms with E-state index < -0.39 is 5.76 Å². The average molecular weight is 355 g/mol. The Hall–Kier alpha value is -3.20. The smallest absolute Gasteiger partial charge is 0.295 e. The summed E-state index contributed by atoms with van der Waals surface area (Å²) in [6, 6.07) is 7.75. The third kappa shape index (κ3) is 3.09. The van der Waals surface area contributed by atoms with Crippen molar-refractivity contribution < 1.29 is 8.91 Å². The lowest BCUT2D eigenvalue weighted by Gasteiger charge is -2.01. The Morgan fingerprint density at radius 1 is 1.16 bits per heavy atom. The van der Waals surface area contributed by atoms with Gasteiger partial charge in [-0.2, -0.15) is 0 Å². The highest BCUT2D eigenvalue weighted by Crippen LogP contribution is 2.24. The van der Waals surface area contributed by atoms with Gasteiger partial charge in [0, 0.05) is 23.3 Å². The molecule has 4 aromatic rings. The molecule has 0 spiro atoms. The van der Waals surface area contributed by atoms with Crippen LogP contribution in [-0.2, 0) is 6.54 Å². The molecule has 124 valence electrons. The Kier molecular flexibility index (Phi) is 3.90. The standard InChI is InChI=1S/C16H10FN5O2S/c17-11-4-2-10(3-5-11)15-20-12(9-25-15)8-22-14(21-24-16(22)23)13-18-6-1-7-19-13/h1-7,9H,8H2. The molecular weight excluding hydrogens is 345 g/mol. The number of benzene rings is 1. The minimum Gasteiger partial charge on any atom is -0.295 e. The lowest BCUT2D eigenvalue weighted by Crippen LogP contribution is -2.17. The van der Waals surface area contributed by atoms with Gasteiger partial charge in [0.1, 0.15) is 10.8 Å². The molecule has 9 heteroatoms. The van der Waals surface area contributed by atoms with Crippen LogP contribution in [0, 0.1) is 5.82 Å². The second-order valence-electron chi connectivity index (χ2n) is 5.08. The summed E-state index contributed by atoms with van der Waals surface area (Å²) in [5.41, 5.74) is 1.47. The van der Waals surface area contributed by atoms with E-state index in [9.17, 15) is 9.18 Å². The van der Waals surface area contributed by atoms with Gasteiger partial charge in [-0.25, -0.2) is 28.7 Å². The second kappa shape index (κ2) is 6.36. The highest BCUT2D eigenvalue weighted by Gasteiger charge is 2.16. The van der Waals surface area contributed by atoms with Crippen molar-refractivity contribution in [3.63, 3.8) is 0 Å². The van der Waals surface area contributed by atoms with E-state index in [4.69, 9.17) is 4.52 Å². The third-order valence-electron chi connectivity index (χ3n) is 3.42. The molecule has 0 aliphatic carbocycles. The van der Waals surface area contributed by atoms with Gasteiger partial charge in [-0.15, -0.1) is 11.3 Å². The van der Waals surface area contributed by atoms with E-state index in [1.807, 2.05) is 5.38 Å². The summed E-state index contributed by atoms with van der Waals surface area (Å²) >= 11 is 1.41. The Morgan fingerprint density at radius 3 is 2.68 bits per heavy atom. The fourth-order valence-corrected chi connectivity index (χ4v) is 3.07. The fraction of sp³-hybridized carbons (Fsp3) is 0.0625. The molecular formula is C16H10FN5O2S. The molecule has 0 N–H and O–H groups in total. The predicted molar refractivity (Wildman–Crippen MR) is 88.4 cm³/mol. The Labute approximate surface area is 144 Å². The van der Waals surface area contributed by atoms with E-state index in [2.05, 4.69) is 20.1 Å². The Bertz CT molecular complexity index is 1060. The topological polar surface area (TPSA) is 86.7 Å². The van der Waals surface area contributed by atoms with E-state index in [1.165, 1.54) is 28.0 Å². The van der Waals surface area contributed by atoms with E-state index >= 15 is 0 Å². The highest BCUT2D eigenvalue weighted by atomic mass is 32.1. The molecule has 0 amide bonds. The van der Waals surface area contributed by atoms with Gasteiger partial charge in [0.15, 0.2) is 5.82 Å². The van der Waals surface area contributed by atoms with Gasteiger partial charge < -0.3 is 0 Å². The third-order valence-corrected chi connectivity index (χ3v) is 4.36. The van der Waals surface area contributed by atoms with E-state index in [-0.39, 0.29) is 18.2 Å². The lowest BCUT2D eigenvalue weighted by atomic mass is 10.2. The van der Waals surface area contributed by atoms with Crippen LogP contribution in [0.3, 0.4) is 0 Å². The first-order valence-electron chi connectivity index (χ1n) is 7.25. The first kappa shape index (κ1) is 15.3. The molecule has 1 aromatic carbocycles. The lowest BCUT2D eigenvalue weighted by molar-refractivity contribution is 0.378. The number of thiazole rings is 1. The van der Waals surface area contributed by atoms with Crippen LogP contribution in [0.2, 0.25) is 0 Å². The number of rotatable bonds is 4. The van der Waals surface area contributed by atoms with Crippen LogP contribution in [-0.4, -0.2) is 24.7 Å². The summed E-state index contributed by atoms with van der Waals surface area (Å²) in [5, 5.41) is 6.30. The zero-order valence-corrected chi connectivity index (χ0v) is 13.5. The number of nitrogens with zero attached hydrogens (tertiary/aromatic N) is 5. The fourth-order valence-electron chi connectivity index (χ4n) is 2.25. The quantitative estimate of drug-likeness (QED) is 0.559. The summed E-state index contributed by atoms with van der Waals surface area (Å²) in [6.45, 7) is 0.174. The van der Waals surface area contributed by atoms with Crippen molar-refractivity contribution in [3.05, 3.63) is 70.2 Å². The SMILES string of the molecule is O=c1onc(-c2ncccn2)n1Cc1csc(-c2ccc(F)cc2)n1. The minimum absolute atomic E-state index is 0.174. The minimum atomic E-state index is -0.612. The molecule has 0 atom stereocenters. The molecule has 0 saturated heterocycles. The molecule has 3 heterocycles. The van der Waals surface area contributed by atoms with Crippen molar-refractivity contribution >= 4 is 11.3 Å². The summed E-state index contributed by atoms with van der Waals surface area (Å²) in [7, 11) is 0. The van der Waals surface area contributed by atoms with Crippen LogP contribution >= 0.6 is 11.3 Å². The average Bonchev–Trinajstić information content (AvgIpc) is 3.24. The molecule has 0 radical (unpaired) electrons. The number of hydrogen-bond acceptors (Lipinski definition) is 7. The molecule has 0 aliphatic heterocycles. The first-order chi connectivity index (χ1) is 12.2. The van der Waals surface area contributed by atoms with Gasteiger partial charge in [0.2, 0.25) is 5.82 Å². The molecule has 0 bridgehead atoms. The maximum absolute atomic E-state index is 13.0. The molecule has 0 aliphatic rings. The number of halogens is 1. The van der Waals surface area contributed by atoms with Crippen LogP contribution in [0.25, 0.3) is 22.2 Å². The molecule has 7 nitrogen and oxygen atoms in total. The van der Waals surface area contributed by atoms with Crippen molar-refractivity contribution in [2.45, 2.75) is 6.54 Å². The van der Waals surface area contributed by atoms with Gasteiger partial charge in [-0.05, 0) is 30.3 Å². The van der Waals surface area contributed by atoms with Crippen molar-refractivity contribution in [3.8, 4) is 22.2 Å². The van der Waals surface area contributed by atoms with Crippen LogP contribution in [0.1, 0.15) is 5.69 Å². The molecule has 0 unspecified atom stereocenters. The van der Waals surface area contributed by atoms with Gasteiger partial charge in [-0.3, -0.25) is 4.52 Å². The van der Waals surface area contributed by atoms with Crippen LogP contribution in [0.15, 0.2) is 57.4 Å². The molecule has 25 heavy (non-hydrogen) atoms. The van der Waals surface area contributed by atoms with Crippen molar-refractivity contribution in [2.75, 3.05) is 0 Å². The molecule has 0 saturated carbocycles. The summed E-state index contributed by atoms with van der Waals surface area (Å²) in [5.74, 6) is -0.382. The Morgan fingerprint density at radius 2 is 1.92 bits per heavy atom. The molecule has 0 fully saturated rings. The second-order valence-corrected chi connectivity index (χ2v) is 5.94. The van der Waals surface area contributed by atoms with E-state index in [1.54, 1.807) is 30.6 Å². The summed E-state index contributed by atoms with van der Waals surface area (Å²) in [6.07, 6.45) is 3.11. The van der Waals surface area contributed by atoms with Gasteiger partial charge in [-0.1, -0.05) is 5.16 Å². The number of hydrogen-bond donors (Lipinski definition) is 0. The predicted octanol–water partition coefficient (Wildman–Crippen LogP) is 2.60. The maximum atomic E-state index is 13.0. The Balaban J connectivity index is 1.65.